The van der Waals surface area contributed by atoms with Crippen molar-refractivity contribution in [1.82, 2.24) is 4.90 Å². The molecule has 7 heteroatoms. The molecular weight excluding hydrogens is 390 g/mol. The van der Waals surface area contributed by atoms with E-state index in [0.717, 1.165) is 4.47 Å². The van der Waals surface area contributed by atoms with Gasteiger partial charge in [0.05, 0.1) is 6.10 Å². The molecule has 1 amide bonds. The number of benzene rings is 1. The molecule has 1 unspecified atom stereocenters. The van der Waals surface area contributed by atoms with Crippen molar-refractivity contribution in [3.8, 4) is 0 Å². The fourth-order valence-electron chi connectivity index (χ4n) is 2.64. The van der Waals surface area contributed by atoms with Crippen LogP contribution in [0.5, 0.6) is 0 Å². The number of carboxylic acids is 1. The van der Waals surface area contributed by atoms with E-state index in [1.165, 1.54) is 0 Å². The molecule has 6 nitrogen and oxygen atoms in total. The summed E-state index contributed by atoms with van der Waals surface area (Å²) in [6, 6.07) is 7.10. The molecule has 0 spiro atoms. The molecule has 1 fully saturated rings. The lowest BCUT2D eigenvalue weighted by molar-refractivity contribution is -0.157. The zero-order valence-corrected chi connectivity index (χ0v) is 16.3. The predicted molar refractivity (Wildman–Crippen MR) is 96.4 cm³/mol. The second-order valence-electron chi connectivity index (χ2n) is 7.08. The maximum atomic E-state index is 12.1. The maximum Gasteiger partial charge on any atom is 0.410 e. The molecule has 0 bridgehead atoms. The summed E-state index contributed by atoms with van der Waals surface area (Å²) in [6.45, 7) is 6.47. The molecule has 1 aromatic carbocycles. The lowest BCUT2D eigenvalue weighted by Gasteiger charge is -2.34. The molecule has 138 valence electrons. The van der Waals surface area contributed by atoms with Crippen molar-refractivity contribution in [2.45, 2.75) is 51.4 Å². The van der Waals surface area contributed by atoms with Gasteiger partial charge in [0.25, 0.3) is 0 Å². The molecule has 1 aliphatic heterocycles. The summed E-state index contributed by atoms with van der Waals surface area (Å²) >= 11 is 3.35. The summed E-state index contributed by atoms with van der Waals surface area (Å²) in [7, 11) is 0. The SMILES string of the molecule is CC(C)(C)OC(=O)N1CCC(OC(C(=O)O)c2cccc(Br)c2)CC1. The number of amides is 1. The van der Waals surface area contributed by atoms with Gasteiger partial charge in [-0.05, 0) is 51.3 Å². The Morgan fingerprint density at radius 2 is 1.92 bits per heavy atom. The van der Waals surface area contributed by atoms with E-state index in [2.05, 4.69) is 15.9 Å². The highest BCUT2D eigenvalue weighted by Gasteiger charge is 2.30. The van der Waals surface area contributed by atoms with Crippen LogP contribution in [0, 0.1) is 0 Å². The van der Waals surface area contributed by atoms with E-state index in [1.54, 1.807) is 23.1 Å². The molecule has 1 saturated heterocycles. The number of halogens is 1. The van der Waals surface area contributed by atoms with E-state index in [1.807, 2.05) is 26.8 Å². The van der Waals surface area contributed by atoms with Gasteiger partial charge in [-0.15, -0.1) is 0 Å². The number of likely N-dealkylation sites (tertiary alicyclic amines) is 1. The molecule has 0 saturated carbocycles. The molecular formula is C18H24BrNO5. The molecule has 0 aromatic heterocycles. The Kier molecular flexibility index (Phi) is 6.46. The lowest BCUT2D eigenvalue weighted by atomic mass is 10.1. The van der Waals surface area contributed by atoms with Gasteiger partial charge in [0, 0.05) is 17.6 Å². The van der Waals surface area contributed by atoms with Crippen molar-refractivity contribution < 1.29 is 24.2 Å². The maximum absolute atomic E-state index is 12.1. The summed E-state index contributed by atoms with van der Waals surface area (Å²) < 4.78 is 12.0. The Bertz CT molecular complexity index is 620. The number of hydrogen-bond acceptors (Lipinski definition) is 4. The van der Waals surface area contributed by atoms with Crippen LogP contribution in [-0.2, 0) is 14.3 Å². The highest BCUT2D eigenvalue weighted by atomic mass is 79.9. The summed E-state index contributed by atoms with van der Waals surface area (Å²) in [4.78, 5) is 25.3. The number of carboxylic acid groups (broad SMARTS) is 1. The summed E-state index contributed by atoms with van der Waals surface area (Å²) in [6.07, 6.45) is -0.407. The molecule has 0 aliphatic carbocycles. The van der Waals surface area contributed by atoms with E-state index in [9.17, 15) is 14.7 Å². The first-order valence-corrected chi connectivity index (χ1v) is 9.06. The Hall–Kier alpha value is -1.60. The highest BCUT2D eigenvalue weighted by Crippen LogP contribution is 2.26. The van der Waals surface area contributed by atoms with E-state index in [4.69, 9.17) is 9.47 Å². The molecule has 0 radical (unpaired) electrons. The zero-order chi connectivity index (χ0) is 18.6. The van der Waals surface area contributed by atoms with Crippen LogP contribution in [0.25, 0.3) is 0 Å². The smallest absolute Gasteiger partial charge is 0.410 e. The standard InChI is InChI=1S/C18H24BrNO5/c1-18(2,3)25-17(23)20-9-7-14(8-10-20)24-15(16(21)22)12-5-4-6-13(19)11-12/h4-6,11,14-15H,7-10H2,1-3H3,(H,21,22). The third-order valence-electron chi connectivity index (χ3n) is 3.80. The summed E-state index contributed by atoms with van der Waals surface area (Å²) in [5, 5.41) is 9.49. The lowest BCUT2D eigenvalue weighted by Crippen LogP contribution is -2.44. The van der Waals surface area contributed by atoms with Gasteiger partial charge in [-0.3, -0.25) is 0 Å². The fraction of sp³-hybridized carbons (Fsp3) is 0.556. The number of nitrogens with zero attached hydrogens (tertiary/aromatic N) is 1. The van der Waals surface area contributed by atoms with Gasteiger partial charge in [0.1, 0.15) is 5.60 Å². The van der Waals surface area contributed by atoms with Crippen molar-refractivity contribution in [1.29, 1.82) is 0 Å². The van der Waals surface area contributed by atoms with Crippen molar-refractivity contribution >= 4 is 28.0 Å². The average molecular weight is 414 g/mol. The number of carbonyl (C=O) groups excluding carboxylic acids is 1. The minimum absolute atomic E-state index is 0.209. The number of hydrogen-bond donors (Lipinski definition) is 1. The third-order valence-corrected chi connectivity index (χ3v) is 4.29. The van der Waals surface area contributed by atoms with Crippen LogP contribution in [0.2, 0.25) is 0 Å². The number of piperidine rings is 1. The van der Waals surface area contributed by atoms with Gasteiger partial charge >= 0.3 is 12.1 Å². The monoisotopic (exact) mass is 413 g/mol. The molecule has 1 heterocycles. The first-order chi connectivity index (χ1) is 11.7. The highest BCUT2D eigenvalue weighted by molar-refractivity contribution is 9.10. The van der Waals surface area contributed by atoms with Crippen molar-refractivity contribution in [2.75, 3.05) is 13.1 Å². The normalized spacial score (nSPS) is 17.2. The van der Waals surface area contributed by atoms with E-state index < -0.39 is 17.7 Å². The zero-order valence-electron chi connectivity index (χ0n) is 14.7. The van der Waals surface area contributed by atoms with Crippen LogP contribution in [0.3, 0.4) is 0 Å². The van der Waals surface area contributed by atoms with Crippen LogP contribution < -0.4 is 0 Å². The number of aliphatic carboxylic acids is 1. The Labute approximate surface area is 156 Å². The number of ether oxygens (including phenoxy) is 2. The summed E-state index contributed by atoms with van der Waals surface area (Å²) in [5.74, 6) is -1.02. The van der Waals surface area contributed by atoms with Gasteiger partial charge < -0.3 is 19.5 Å². The van der Waals surface area contributed by atoms with Gasteiger partial charge in [-0.2, -0.15) is 0 Å². The van der Waals surface area contributed by atoms with Crippen molar-refractivity contribution in [3.05, 3.63) is 34.3 Å². The quantitative estimate of drug-likeness (QED) is 0.807. The molecule has 2 rings (SSSR count). The van der Waals surface area contributed by atoms with Gasteiger partial charge in [-0.1, -0.05) is 28.1 Å². The second kappa shape index (κ2) is 8.19. The topological polar surface area (TPSA) is 76.1 Å². The largest absolute Gasteiger partial charge is 0.479 e. The molecule has 25 heavy (non-hydrogen) atoms. The summed E-state index contributed by atoms with van der Waals surface area (Å²) in [5.41, 5.74) is 0.0657. The third kappa shape index (κ3) is 6.01. The second-order valence-corrected chi connectivity index (χ2v) is 7.99. The average Bonchev–Trinajstić information content (AvgIpc) is 2.51. The Balaban J connectivity index is 1.93. The van der Waals surface area contributed by atoms with E-state index in [0.29, 0.717) is 31.5 Å². The molecule has 1 atom stereocenters. The van der Waals surface area contributed by atoms with Crippen molar-refractivity contribution in [2.24, 2.45) is 0 Å². The minimum atomic E-state index is -1.02. The Morgan fingerprint density at radius 1 is 1.28 bits per heavy atom. The van der Waals surface area contributed by atoms with Crippen molar-refractivity contribution in [3.63, 3.8) is 0 Å². The Morgan fingerprint density at radius 3 is 2.44 bits per heavy atom. The van der Waals surface area contributed by atoms with E-state index >= 15 is 0 Å². The molecule has 1 N–H and O–H groups in total. The molecule has 1 aromatic rings. The van der Waals surface area contributed by atoms with Crippen LogP contribution >= 0.6 is 15.9 Å². The van der Waals surface area contributed by atoms with Crippen LogP contribution in [0.1, 0.15) is 45.3 Å². The van der Waals surface area contributed by atoms with Crippen LogP contribution in [-0.4, -0.2) is 46.9 Å². The number of carbonyl (C=O) groups is 2. The number of rotatable bonds is 4. The van der Waals surface area contributed by atoms with E-state index in [-0.39, 0.29) is 12.2 Å². The first kappa shape index (κ1) is 19.7. The van der Waals surface area contributed by atoms with Gasteiger partial charge in [-0.25, -0.2) is 9.59 Å². The minimum Gasteiger partial charge on any atom is -0.479 e. The predicted octanol–water partition coefficient (Wildman–Crippen LogP) is 3.99. The van der Waals surface area contributed by atoms with Gasteiger partial charge in [0.15, 0.2) is 6.10 Å². The first-order valence-electron chi connectivity index (χ1n) is 8.27. The van der Waals surface area contributed by atoms with Crippen LogP contribution in [0.4, 0.5) is 4.79 Å². The fourth-order valence-corrected chi connectivity index (χ4v) is 3.06. The molecule has 1 aliphatic rings. The van der Waals surface area contributed by atoms with Crippen LogP contribution in [0.15, 0.2) is 28.7 Å². The van der Waals surface area contributed by atoms with Gasteiger partial charge in [0.2, 0.25) is 0 Å².